The van der Waals surface area contributed by atoms with Crippen LogP contribution in [-0.2, 0) is 9.53 Å². The van der Waals surface area contributed by atoms with Crippen LogP contribution in [0.5, 0.6) is 0 Å². The molecule has 0 atom stereocenters. The summed E-state index contributed by atoms with van der Waals surface area (Å²) in [6, 6.07) is 0. The molecule has 0 aliphatic heterocycles. The highest BCUT2D eigenvalue weighted by Crippen LogP contribution is 2.36. The average Bonchev–Trinajstić information content (AvgIpc) is 2.47. The molecule has 0 bridgehead atoms. The molecule has 140 valence electrons. The molecule has 2 nitrogen and oxygen atoms in total. The van der Waals surface area contributed by atoms with Gasteiger partial charge in [-0.25, -0.2) is 0 Å². The van der Waals surface area contributed by atoms with Gasteiger partial charge < -0.3 is 4.74 Å². The zero-order valence-electron chi connectivity index (χ0n) is 16.9. The van der Waals surface area contributed by atoms with Crippen LogP contribution in [0.25, 0.3) is 0 Å². The maximum atomic E-state index is 11.9. The Morgan fingerprint density at radius 1 is 1.00 bits per heavy atom. The monoisotopic (exact) mass is 336 g/mol. The zero-order chi connectivity index (χ0) is 18.1. The number of ether oxygens (including phenoxy) is 1. The van der Waals surface area contributed by atoms with E-state index < -0.39 is 0 Å². The van der Waals surface area contributed by atoms with Crippen LogP contribution in [0.1, 0.15) is 105 Å². The van der Waals surface area contributed by atoms with E-state index >= 15 is 0 Å². The molecule has 0 unspecified atom stereocenters. The van der Waals surface area contributed by atoms with Crippen LogP contribution in [0.4, 0.5) is 0 Å². The lowest BCUT2D eigenvalue weighted by atomic mass is 9.75. The molecule has 1 aliphatic carbocycles. The van der Waals surface area contributed by atoms with E-state index in [1.807, 2.05) is 0 Å². The number of ketones is 1. The van der Waals surface area contributed by atoms with Crippen LogP contribution in [0.2, 0.25) is 0 Å². The molecule has 1 saturated carbocycles. The Morgan fingerprint density at radius 2 is 1.58 bits per heavy atom. The van der Waals surface area contributed by atoms with Crippen molar-refractivity contribution in [3.63, 3.8) is 0 Å². The Morgan fingerprint density at radius 3 is 2.21 bits per heavy atom. The van der Waals surface area contributed by atoms with E-state index in [2.05, 4.69) is 34.6 Å². The van der Waals surface area contributed by atoms with Crippen molar-refractivity contribution in [3.05, 3.63) is 11.8 Å². The second-order valence-electron chi connectivity index (χ2n) is 9.56. The molecule has 1 aliphatic rings. The largest absolute Gasteiger partial charge is 0.501 e. The normalized spacial score (nSPS) is 19.7. The number of unbranched alkanes of at least 4 members (excludes halogenated alkanes) is 6. The van der Waals surface area contributed by atoms with E-state index in [0.717, 1.165) is 31.4 Å². The van der Waals surface area contributed by atoms with Crippen molar-refractivity contribution in [2.45, 2.75) is 105 Å². The number of hydrogen-bond acceptors (Lipinski definition) is 2. The minimum absolute atomic E-state index is 0.246. The highest BCUT2D eigenvalue weighted by atomic mass is 16.5. The minimum atomic E-state index is 0.246. The van der Waals surface area contributed by atoms with E-state index in [4.69, 9.17) is 4.74 Å². The predicted octanol–water partition coefficient (Wildman–Crippen LogP) is 6.83. The van der Waals surface area contributed by atoms with E-state index in [9.17, 15) is 4.79 Å². The number of Topliss-reactive ketones (excluding diaryl/α,β-unsaturated/α-hetero) is 1. The van der Waals surface area contributed by atoms with E-state index in [-0.39, 0.29) is 11.2 Å². The van der Waals surface area contributed by atoms with Crippen LogP contribution < -0.4 is 0 Å². The third kappa shape index (κ3) is 10.2. The van der Waals surface area contributed by atoms with Crippen LogP contribution >= 0.6 is 0 Å². The average molecular weight is 337 g/mol. The van der Waals surface area contributed by atoms with Crippen molar-refractivity contribution >= 4 is 5.78 Å². The van der Waals surface area contributed by atoms with Gasteiger partial charge in [0, 0.05) is 12.0 Å². The third-order valence-corrected chi connectivity index (χ3v) is 4.97. The van der Waals surface area contributed by atoms with Gasteiger partial charge in [-0.15, -0.1) is 0 Å². The SMILES string of the molecule is CC(C)(C)CCCCCCCCCO/C=C1\CC(C)(C)CCC1=O. The quantitative estimate of drug-likeness (QED) is 0.248. The molecule has 0 amide bonds. The fourth-order valence-corrected chi connectivity index (χ4v) is 3.31. The van der Waals surface area contributed by atoms with Gasteiger partial charge in [0.15, 0.2) is 5.78 Å². The van der Waals surface area contributed by atoms with Crippen molar-refractivity contribution in [3.8, 4) is 0 Å². The van der Waals surface area contributed by atoms with Gasteiger partial charge in [-0.2, -0.15) is 0 Å². The number of carbonyl (C=O) groups excluding carboxylic acids is 1. The first kappa shape index (κ1) is 21.3. The van der Waals surface area contributed by atoms with Crippen molar-refractivity contribution in [1.82, 2.24) is 0 Å². The Balaban J connectivity index is 1.99. The summed E-state index contributed by atoms with van der Waals surface area (Å²) in [5, 5.41) is 0. The first-order valence-corrected chi connectivity index (χ1v) is 10.0. The topological polar surface area (TPSA) is 26.3 Å². The summed E-state index contributed by atoms with van der Waals surface area (Å²) in [7, 11) is 0. The summed E-state index contributed by atoms with van der Waals surface area (Å²) in [5.41, 5.74) is 1.63. The van der Waals surface area contributed by atoms with E-state index in [0.29, 0.717) is 11.8 Å². The number of allylic oxidation sites excluding steroid dienone is 1. The smallest absolute Gasteiger partial charge is 0.161 e. The highest BCUT2D eigenvalue weighted by molar-refractivity contribution is 5.95. The fourth-order valence-electron chi connectivity index (χ4n) is 3.31. The molecule has 0 spiro atoms. The zero-order valence-corrected chi connectivity index (χ0v) is 16.9. The molecule has 0 heterocycles. The van der Waals surface area contributed by atoms with E-state index in [1.54, 1.807) is 6.26 Å². The molecule has 0 saturated heterocycles. The summed E-state index contributed by atoms with van der Waals surface area (Å²) in [5.74, 6) is 0.282. The Bertz CT molecular complexity index is 399. The van der Waals surface area contributed by atoms with Gasteiger partial charge >= 0.3 is 0 Å². The van der Waals surface area contributed by atoms with Crippen LogP contribution in [0, 0.1) is 10.8 Å². The Labute approximate surface area is 150 Å². The second-order valence-corrected chi connectivity index (χ2v) is 9.56. The summed E-state index contributed by atoms with van der Waals surface area (Å²) in [6.45, 7) is 12.2. The van der Waals surface area contributed by atoms with Crippen molar-refractivity contribution < 1.29 is 9.53 Å². The maximum absolute atomic E-state index is 11.9. The van der Waals surface area contributed by atoms with Gasteiger partial charge in [-0.3, -0.25) is 4.79 Å². The number of hydrogen-bond donors (Lipinski definition) is 0. The van der Waals surface area contributed by atoms with Gasteiger partial charge in [-0.05, 0) is 36.5 Å². The molecular weight excluding hydrogens is 296 g/mol. The standard InChI is InChI=1S/C22H40O2/c1-21(2,3)14-11-9-7-6-8-10-12-16-24-18-19-17-22(4,5)15-13-20(19)23/h18H,6-17H2,1-5H3/b19-18+. The predicted molar refractivity (Wildman–Crippen MR) is 103 cm³/mol. The lowest BCUT2D eigenvalue weighted by Gasteiger charge is -2.29. The summed E-state index contributed by atoms with van der Waals surface area (Å²) < 4.78 is 5.64. The Hall–Kier alpha value is -0.790. The van der Waals surface area contributed by atoms with Crippen LogP contribution in [-0.4, -0.2) is 12.4 Å². The molecule has 0 aromatic heterocycles. The summed E-state index contributed by atoms with van der Waals surface area (Å²) in [4.78, 5) is 11.9. The van der Waals surface area contributed by atoms with Gasteiger partial charge in [0.1, 0.15) is 0 Å². The molecular formula is C22H40O2. The summed E-state index contributed by atoms with van der Waals surface area (Å²) in [6.07, 6.45) is 14.7. The van der Waals surface area contributed by atoms with Gasteiger partial charge in [0.25, 0.3) is 0 Å². The van der Waals surface area contributed by atoms with Crippen LogP contribution in [0.15, 0.2) is 11.8 Å². The second kappa shape index (κ2) is 10.3. The molecule has 0 N–H and O–H groups in total. The minimum Gasteiger partial charge on any atom is -0.501 e. The van der Waals surface area contributed by atoms with Crippen LogP contribution in [0.3, 0.4) is 0 Å². The van der Waals surface area contributed by atoms with Gasteiger partial charge in [0.05, 0.1) is 12.9 Å². The number of rotatable bonds is 10. The molecule has 2 heteroatoms. The highest BCUT2D eigenvalue weighted by Gasteiger charge is 2.29. The lowest BCUT2D eigenvalue weighted by Crippen LogP contribution is -2.23. The molecule has 0 radical (unpaired) electrons. The van der Waals surface area contributed by atoms with Crippen molar-refractivity contribution in [1.29, 1.82) is 0 Å². The van der Waals surface area contributed by atoms with Crippen molar-refractivity contribution in [2.24, 2.45) is 10.8 Å². The number of carbonyl (C=O) groups is 1. The molecule has 24 heavy (non-hydrogen) atoms. The molecule has 0 aromatic rings. The third-order valence-electron chi connectivity index (χ3n) is 4.97. The Kier molecular flexibility index (Phi) is 9.08. The fraction of sp³-hybridized carbons (Fsp3) is 0.864. The molecule has 0 aromatic carbocycles. The first-order chi connectivity index (χ1) is 11.2. The van der Waals surface area contributed by atoms with E-state index in [1.165, 1.54) is 44.9 Å². The lowest BCUT2D eigenvalue weighted by molar-refractivity contribution is -0.117. The molecule has 1 rings (SSSR count). The first-order valence-electron chi connectivity index (χ1n) is 10.0. The molecule has 1 fully saturated rings. The maximum Gasteiger partial charge on any atom is 0.161 e. The summed E-state index contributed by atoms with van der Waals surface area (Å²) >= 11 is 0. The van der Waals surface area contributed by atoms with Crippen molar-refractivity contribution in [2.75, 3.05) is 6.61 Å². The van der Waals surface area contributed by atoms with Gasteiger partial charge in [0.2, 0.25) is 0 Å². The van der Waals surface area contributed by atoms with Gasteiger partial charge in [-0.1, -0.05) is 73.1 Å².